The van der Waals surface area contributed by atoms with E-state index < -0.39 is 0 Å². The molecule has 0 bridgehead atoms. The molecule has 1 heterocycles. The van der Waals surface area contributed by atoms with Crippen LogP contribution in [0.4, 0.5) is 5.69 Å². The number of methoxy groups -OCH3 is 1. The highest BCUT2D eigenvalue weighted by atomic mass is 32.2. The number of amides is 1. The second-order valence-corrected chi connectivity index (χ2v) is 5.62. The van der Waals surface area contributed by atoms with E-state index in [9.17, 15) is 4.79 Å². The van der Waals surface area contributed by atoms with Gasteiger partial charge in [0.2, 0.25) is 0 Å². The third-order valence-electron chi connectivity index (χ3n) is 3.03. The number of para-hydroxylation sites is 1. The first-order chi connectivity index (χ1) is 10.7. The van der Waals surface area contributed by atoms with Gasteiger partial charge in [-0.3, -0.25) is 4.79 Å². The van der Waals surface area contributed by atoms with E-state index in [4.69, 9.17) is 4.74 Å². The third kappa shape index (κ3) is 3.38. The lowest BCUT2D eigenvalue weighted by atomic mass is 10.2. The molecular weight excluding hydrogens is 296 g/mol. The Bertz CT molecular complexity index is 754. The number of nitrogens with zero attached hydrogens (tertiary/aromatic N) is 1. The van der Waals surface area contributed by atoms with Gasteiger partial charge in [0.05, 0.1) is 17.7 Å². The van der Waals surface area contributed by atoms with Crippen molar-refractivity contribution in [1.29, 1.82) is 0 Å². The lowest BCUT2D eigenvalue weighted by Crippen LogP contribution is -2.19. The number of hydrogen-bond acceptors (Lipinski definition) is 4. The average Bonchev–Trinajstić information content (AvgIpc) is 2.88. The van der Waals surface area contributed by atoms with Crippen LogP contribution in [0.5, 0.6) is 5.75 Å². The van der Waals surface area contributed by atoms with Crippen LogP contribution >= 0.6 is 11.8 Å². The summed E-state index contributed by atoms with van der Waals surface area (Å²) in [6.07, 6.45) is 1.83. The van der Waals surface area contributed by atoms with Crippen molar-refractivity contribution in [2.45, 2.75) is 0 Å². The van der Waals surface area contributed by atoms with Crippen LogP contribution in [0.15, 0.2) is 64.5 Å². The highest BCUT2D eigenvalue weighted by Gasteiger charge is 2.23. The molecule has 5 heteroatoms. The first kappa shape index (κ1) is 14.4. The molecule has 2 aromatic rings. The van der Waals surface area contributed by atoms with Crippen molar-refractivity contribution >= 4 is 34.6 Å². The molecule has 0 aromatic heterocycles. The van der Waals surface area contributed by atoms with Gasteiger partial charge in [0.15, 0.2) is 5.17 Å². The fourth-order valence-electron chi connectivity index (χ4n) is 1.98. The molecule has 1 amide bonds. The van der Waals surface area contributed by atoms with Crippen LogP contribution in [-0.4, -0.2) is 18.2 Å². The minimum atomic E-state index is -0.137. The van der Waals surface area contributed by atoms with Crippen LogP contribution < -0.4 is 10.1 Å². The molecule has 1 aliphatic heterocycles. The lowest BCUT2D eigenvalue weighted by Gasteiger charge is -2.00. The largest absolute Gasteiger partial charge is 0.497 e. The number of ether oxygens (including phenoxy) is 1. The molecule has 110 valence electrons. The fraction of sp³-hybridized carbons (Fsp3) is 0.0588. The van der Waals surface area contributed by atoms with Gasteiger partial charge in [0.1, 0.15) is 5.75 Å². The maximum absolute atomic E-state index is 12.0. The zero-order chi connectivity index (χ0) is 15.4. The Kier molecular flexibility index (Phi) is 4.25. The van der Waals surface area contributed by atoms with E-state index >= 15 is 0 Å². The van der Waals surface area contributed by atoms with E-state index in [0.29, 0.717) is 10.1 Å². The van der Waals surface area contributed by atoms with Gasteiger partial charge in [-0.2, -0.15) is 0 Å². The molecule has 1 aliphatic rings. The Balaban J connectivity index is 1.82. The number of nitrogens with one attached hydrogen (secondary N) is 1. The minimum absolute atomic E-state index is 0.137. The zero-order valence-corrected chi connectivity index (χ0v) is 12.8. The van der Waals surface area contributed by atoms with Crippen molar-refractivity contribution in [3.63, 3.8) is 0 Å². The SMILES string of the molecule is COc1cccc(/C=C2/SC(=Nc3ccccc3)NC2=O)c1. The predicted molar refractivity (Wildman–Crippen MR) is 90.2 cm³/mol. The molecule has 0 aliphatic carbocycles. The summed E-state index contributed by atoms with van der Waals surface area (Å²) in [5, 5.41) is 3.36. The van der Waals surface area contributed by atoms with Gasteiger partial charge in [-0.05, 0) is 47.7 Å². The van der Waals surface area contributed by atoms with Crippen molar-refractivity contribution in [3.05, 3.63) is 65.1 Å². The molecule has 0 unspecified atom stereocenters. The van der Waals surface area contributed by atoms with Crippen LogP contribution in [0.1, 0.15) is 5.56 Å². The summed E-state index contributed by atoms with van der Waals surface area (Å²) in [6, 6.07) is 17.1. The molecular formula is C17H14N2O2S. The molecule has 1 N–H and O–H groups in total. The number of carbonyl (C=O) groups excluding carboxylic acids is 1. The van der Waals surface area contributed by atoms with E-state index in [0.717, 1.165) is 17.0 Å². The van der Waals surface area contributed by atoms with Gasteiger partial charge in [0.25, 0.3) is 5.91 Å². The number of thioether (sulfide) groups is 1. The topological polar surface area (TPSA) is 50.7 Å². The van der Waals surface area contributed by atoms with Crippen LogP contribution in [0.3, 0.4) is 0 Å². The highest BCUT2D eigenvalue weighted by molar-refractivity contribution is 8.18. The van der Waals surface area contributed by atoms with Gasteiger partial charge >= 0.3 is 0 Å². The van der Waals surface area contributed by atoms with Gasteiger partial charge in [0, 0.05) is 0 Å². The number of aliphatic imine (C=N–C) groups is 1. The van der Waals surface area contributed by atoms with Crippen molar-refractivity contribution in [3.8, 4) is 5.75 Å². The number of hydrogen-bond donors (Lipinski definition) is 1. The lowest BCUT2D eigenvalue weighted by molar-refractivity contribution is -0.115. The van der Waals surface area contributed by atoms with Gasteiger partial charge in [-0.25, -0.2) is 4.99 Å². The second kappa shape index (κ2) is 6.49. The maximum atomic E-state index is 12.0. The predicted octanol–water partition coefficient (Wildman–Crippen LogP) is 3.59. The number of amidine groups is 1. The van der Waals surface area contributed by atoms with Crippen LogP contribution in [0.2, 0.25) is 0 Å². The maximum Gasteiger partial charge on any atom is 0.264 e. The van der Waals surface area contributed by atoms with Crippen molar-refractivity contribution in [1.82, 2.24) is 5.32 Å². The third-order valence-corrected chi connectivity index (χ3v) is 3.94. The summed E-state index contributed by atoms with van der Waals surface area (Å²) in [5.74, 6) is 0.624. The molecule has 1 saturated heterocycles. The molecule has 0 atom stereocenters. The fourth-order valence-corrected chi connectivity index (χ4v) is 2.82. The van der Waals surface area contributed by atoms with Crippen LogP contribution in [0, 0.1) is 0 Å². The molecule has 0 radical (unpaired) electrons. The monoisotopic (exact) mass is 310 g/mol. The molecule has 3 rings (SSSR count). The molecule has 4 nitrogen and oxygen atoms in total. The first-order valence-electron chi connectivity index (χ1n) is 6.73. The van der Waals surface area contributed by atoms with E-state index in [-0.39, 0.29) is 5.91 Å². The second-order valence-electron chi connectivity index (χ2n) is 4.59. The normalized spacial score (nSPS) is 17.8. The first-order valence-corrected chi connectivity index (χ1v) is 7.55. The zero-order valence-electron chi connectivity index (χ0n) is 11.9. The average molecular weight is 310 g/mol. The summed E-state index contributed by atoms with van der Waals surface area (Å²) in [5.41, 5.74) is 1.73. The summed E-state index contributed by atoms with van der Waals surface area (Å²) >= 11 is 1.33. The number of carbonyl (C=O) groups is 1. The summed E-state index contributed by atoms with van der Waals surface area (Å²) < 4.78 is 5.19. The minimum Gasteiger partial charge on any atom is -0.497 e. The van der Waals surface area contributed by atoms with Crippen molar-refractivity contribution in [2.75, 3.05) is 7.11 Å². The van der Waals surface area contributed by atoms with Crippen molar-refractivity contribution < 1.29 is 9.53 Å². The summed E-state index contributed by atoms with van der Waals surface area (Å²) in [4.78, 5) is 17.1. The van der Waals surface area contributed by atoms with Crippen molar-refractivity contribution in [2.24, 2.45) is 4.99 Å². The molecule has 0 saturated carbocycles. The van der Waals surface area contributed by atoms with Crippen LogP contribution in [-0.2, 0) is 4.79 Å². The highest BCUT2D eigenvalue weighted by Crippen LogP contribution is 2.28. The number of rotatable bonds is 3. The van der Waals surface area contributed by atoms with E-state index in [2.05, 4.69) is 10.3 Å². The Hall–Kier alpha value is -2.53. The van der Waals surface area contributed by atoms with E-state index in [1.165, 1.54) is 11.8 Å². The molecule has 22 heavy (non-hydrogen) atoms. The molecule has 1 fully saturated rings. The van der Waals surface area contributed by atoms with E-state index in [1.54, 1.807) is 7.11 Å². The smallest absolute Gasteiger partial charge is 0.264 e. The Labute approximate surface area is 132 Å². The molecule has 2 aromatic carbocycles. The Morgan fingerprint density at radius 2 is 1.95 bits per heavy atom. The van der Waals surface area contributed by atoms with Crippen LogP contribution in [0.25, 0.3) is 6.08 Å². The number of benzene rings is 2. The summed E-state index contributed by atoms with van der Waals surface area (Å²) in [7, 11) is 1.62. The van der Waals surface area contributed by atoms with Gasteiger partial charge < -0.3 is 10.1 Å². The standard InChI is InChI=1S/C17H14N2O2S/c1-21-14-9-5-6-12(10-14)11-15-16(20)19-17(22-15)18-13-7-3-2-4-8-13/h2-11H,1H3,(H,18,19,20)/b15-11+. The quantitative estimate of drug-likeness (QED) is 0.882. The Morgan fingerprint density at radius 3 is 2.73 bits per heavy atom. The summed E-state index contributed by atoms with van der Waals surface area (Å²) in [6.45, 7) is 0. The van der Waals surface area contributed by atoms with Gasteiger partial charge in [-0.1, -0.05) is 30.3 Å². The van der Waals surface area contributed by atoms with E-state index in [1.807, 2.05) is 60.7 Å². The Morgan fingerprint density at radius 1 is 1.14 bits per heavy atom. The molecule has 0 spiro atoms. The van der Waals surface area contributed by atoms with Gasteiger partial charge in [-0.15, -0.1) is 0 Å².